The smallest absolute Gasteiger partial charge is 0.337 e. The Bertz CT molecular complexity index is 739. The van der Waals surface area contributed by atoms with Crippen LogP contribution in [0.25, 0.3) is 11.5 Å². The van der Waals surface area contributed by atoms with Gasteiger partial charge in [-0.15, -0.1) is 0 Å². The fraction of sp³-hybridized carbons (Fsp3) is 0.526. The van der Waals surface area contributed by atoms with Gasteiger partial charge in [0.15, 0.2) is 5.82 Å². The van der Waals surface area contributed by atoms with E-state index in [1.54, 1.807) is 12.1 Å². The molecule has 3 aliphatic carbocycles. The second-order valence-electron chi connectivity index (χ2n) is 7.58. The summed E-state index contributed by atoms with van der Waals surface area (Å²) >= 11 is 0. The molecule has 0 unspecified atom stereocenters. The fourth-order valence-electron chi connectivity index (χ4n) is 4.13. The molecule has 126 valence electrons. The zero-order valence-electron chi connectivity index (χ0n) is 14.2. The SMILES string of the molecule is COC(=O)c1ccc(-c2nc(C34CCC(C)(CC3)CC4)no2)cc1. The predicted octanol–water partition coefficient (Wildman–Crippen LogP) is 4.14. The molecule has 0 N–H and O–H groups in total. The van der Waals surface area contributed by atoms with E-state index in [0.717, 1.165) is 30.7 Å². The molecular weight excluding hydrogens is 304 g/mol. The first-order valence-corrected chi connectivity index (χ1v) is 8.57. The minimum absolute atomic E-state index is 0.103. The third-order valence-electron chi connectivity index (χ3n) is 6.07. The highest BCUT2D eigenvalue weighted by atomic mass is 16.5. The number of hydrogen-bond donors (Lipinski definition) is 0. The minimum Gasteiger partial charge on any atom is -0.465 e. The zero-order chi connectivity index (χ0) is 16.8. The van der Waals surface area contributed by atoms with Crippen LogP contribution in [0, 0.1) is 5.41 Å². The number of nitrogens with zero attached hydrogens (tertiary/aromatic N) is 2. The second-order valence-corrected chi connectivity index (χ2v) is 7.58. The standard InChI is InChI=1S/C19H22N2O3/c1-18-7-10-19(11-8-18,12-9-18)17-20-15(24-21-17)13-3-5-14(6-4-13)16(22)23-2/h3-6H,7-12H2,1-2H3. The first kappa shape index (κ1) is 15.4. The maximum Gasteiger partial charge on any atom is 0.337 e. The molecule has 1 aromatic heterocycles. The fourth-order valence-corrected chi connectivity index (χ4v) is 4.13. The number of hydrogen-bond acceptors (Lipinski definition) is 5. The number of fused-ring (bicyclic) bond motifs is 3. The summed E-state index contributed by atoms with van der Waals surface area (Å²) < 4.78 is 10.2. The summed E-state index contributed by atoms with van der Waals surface area (Å²) in [5, 5.41) is 4.30. The molecule has 0 aliphatic heterocycles. The van der Waals surface area contributed by atoms with Gasteiger partial charge in [-0.25, -0.2) is 4.79 Å². The molecule has 1 aromatic carbocycles. The van der Waals surface area contributed by atoms with Gasteiger partial charge in [-0.3, -0.25) is 0 Å². The molecule has 3 fully saturated rings. The summed E-state index contributed by atoms with van der Waals surface area (Å²) in [6.07, 6.45) is 7.23. The van der Waals surface area contributed by atoms with Crippen LogP contribution in [0.5, 0.6) is 0 Å². The lowest BCUT2D eigenvalue weighted by Crippen LogP contribution is -2.43. The van der Waals surface area contributed by atoms with Crippen molar-refractivity contribution in [1.82, 2.24) is 10.1 Å². The normalized spacial score (nSPS) is 28.8. The highest BCUT2D eigenvalue weighted by molar-refractivity contribution is 5.89. The van der Waals surface area contributed by atoms with Gasteiger partial charge in [0, 0.05) is 11.0 Å². The molecule has 24 heavy (non-hydrogen) atoms. The first-order chi connectivity index (χ1) is 11.5. The van der Waals surface area contributed by atoms with Crippen molar-refractivity contribution in [3.05, 3.63) is 35.7 Å². The molecule has 3 saturated carbocycles. The number of ether oxygens (including phenoxy) is 1. The van der Waals surface area contributed by atoms with Gasteiger partial charge in [-0.05, 0) is 68.2 Å². The number of esters is 1. The number of benzene rings is 1. The molecule has 5 heteroatoms. The van der Waals surface area contributed by atoms with Crippen LogP contribution in [0.1, 0.15) is 61.6 Å². The van der Waals surface area contributed by atoms with Crippen molar-refractivity contribution >= 4 is 5.97 Å². The third-order valence-corrected chi connectivity index (χ3v) is 6.07. The van der Waals surface area contributed by atoms with Gasteiger partial charge in [0.2, 0.25) is 0 Å². The van der Waals surface area contributed by atoms with E-state index in [4.69, 9.17) is 14.2 Å². The molecule has 3 aliphatic rings. The number of carbonyl (C=O) groups is 1. The summed E-state index contributed by atoms with van der Waals surface area (Å²) in [4.78, 5) is 16.2. The van der Waals surface area contributed by atoms with Gasteiger partial charge in [0.05, 0.1) is 12.7 Å². The Kier molecular flexibility index (Phi) is 3.48. The van der Waals surface area contributed by atoms with Crippen molar-refractivity contribution < 1.29 is 14.1 Å². The van der Waals surface area contributed by atoms with E-state index >= 15 is 0 Å². The van der Waals surface area contributed by atoms with E-state index in [1.807, 2.05) is 12.1 Å². The van der Waals surface area contributed by atoms with Crippen molar-refractivity contribution in [3.8, 4) is 11.5 Å². The summed E-state index contributed by atoms with van der Waals surface area (Å²) in [7, 11) is 1.37. The van der Waals surface area contributed by atoms with E-state index in [1.165, 1.54) is 26.4 Å². The molecule has 2 aromatic rings. The van der Waals surface area contributed by atoms with Gasteiger partial charge in [0.1, 0.15) is 0 Å². The lowest BCUT2D eigenvalue weighted by Gasteiger charge is -2.50. The molecule has 0 atom stereocenters. The maximum atomic E-state index is 11.5. The van der Waals surface area contributed by atoms with Gasteiger partial charge < -0.3 is 9.26 Å². The lowest BCUT2D eigenvalue weighted by atomic mass is 9.54. The Hall–Kier alpha value is -2.17. The van der Waals surface area contributed by atoms with Crippen LogP contribution in [-0.4, -0.2) is 23.2 Å². The summed E-state index contributed by atoms with van der Waals surface area (Å²) in [6.45, 7) is 2.40. The van der Waals surface area contributed by atoms with Gasteiger partial charge >= 0.3 is 5.97 Å². The van der Waals surface area contributed by atoms with Crippen molar-refractivity contribution in [2.24, 2.45) is 5.41 Å². The Labute approximate surface area is 141 Å². The summed E-state index contributed by atoms with van der Waals surface area (Å²) in [6, 6.07) is 7.08. The average Bonchev–Trinajstić information content (AvgIpc) is 3.13. The van der Waals surface area contributed by atoms with Crippen molar-refractivity contribution in [3.63, 3.8) is 0 Å². The van der Waals surface area contributed by atoms with E-state index in [9.17, 15) is 4.79 Å². The number of rotatable bonds is 3. The predicted molar refractivity (Wildman–Crippen MR) is 88.6 cm³/mol. The van der Waals surface area contributed by atoms with Gasteiger partial charge in [0.25, 0.3) is 5.89 Å². The van der Waals surface area contributed by atoms with Crippen LogP contribution < -0.4 is 0 Å². The van der Waals surface area contributed by atoms with Crippen LogP contribution in [-0.2, 0) is 10.2 Å². The quantitative estimate of drug-likeness (QED) is 0.793. The largest absolute Gasteiger partial charge is 0.465 e. The Morgan fingerprint density at radius 3 is 2.29 bits per heavy atom. The number of methoxy groups -OCH3 is 1. The summed E-state index contributed by atoms with van der Waals surface area (Å²) in [5.74, 6) is 1.03. The van der Waals surface area contributed by atoms with Crippen molar-refractivity contribution in [2.75, 3.05) is 7.11 Å². The molecule has 1 heterocycles. The van der Waals surface area contributed by atoms with Crippen LogP contribution in [0.2, 0.25) is 0 Å². The molecule has 2 bridgehead atoms. The van der Waals surface area contributed by atoms with Gasteiger partial charge in [-0.1, -0.05) is 12.1 Å². The minimum atomic E-state index is -0.348. The maximum absolute atomic E-state index is 11.5. The Balaban J connectivity index is 1.58. The van der Waals surface area contributed by atoms with Crippen LogP contribution in [0.15, 0.2) is 28.8 Å². The second kappa shape index (κ2) is 5.43. The monoisotopic (exact) mass is 326 g/mol. The Morgan fingerprint density at radius 2 is 1.71 bits per heavy atom. The lowest BCUT2D eigenvalue weighted by molar-refractivity contribution is 0.0493. The molecule has 0 radical (unpaired) electrons. The van der Waals surface area contributed by atoms with Gasteiger partial charge in [-0.2, -0.15) is 4.98 Å². The third kappa shape index (κ3) is 2.43. The highest BCUT2D eigenvalue weighted by Gasteiger charge is 2.49. The zero-order valence-corrected chi connectivity index (χ0v) is 14.2. The van der Waals surface area contributed by atoms with Crippen molar-refractivity contribution in [1.29, 1.82) is 0 Å². The topological polar surface area (TPSA) is 65.2 Å². The Morgan fingerprint density at radius 1 is 1.08 bits per heavy atom. The average molecular weight is 326 g/mol. The first-order valence-electron chi connectivity index (χ1n) is 8.57. The molecular formula is C19H22N2O3. The molecule has 5 rings (SSSR count). The summed E-state index contributed by atoms with van der Waals surface area (Å²) in [5.41, 5.74) is 1.97. The number of aromatic nitrogens is 2. The van der Waals surface area contributed by atoms with Crippen LogP contribution in [0.4, 0.5) is 0 Å². The van der Waals surface area contributed by atoms with Crippen molar-refractivity contribution in [2.45, 2.75) is 50.9 Å². The molecule has 0 spiro atoms. The van der Waals surface area contributed by atoms with E-state index in [0.29, 0.717) is 16.9 Å². The van der Waals surface area contributed by atoms with Crippen LogP contribution in [0.3, 0.4) is 0 Å². The molecule has 0 saturated heterocycles. The highest BCUT2D eigenvalue weighted by Crippen LogP contribution is 2.56. The van der Waals surface area contributed by atoms with E-state index in [-0.39, 0.29) is 11.4 Å². The number of carbonyl (C=O) groups excluding carboxylic acids is 1. The van der Waals surface area contributed by atoms with Crippen LogP contribution >= 0.6 is 0 Å². The van der Waals surface area contributed by atoms with E-state index in [2.05, 4.69) is 12.1 Å². The molecule has 5 nitrogen and oxygen atoms in total. The molecule has 0 amide bonds. The van der Waals surface area contributed by atoms with E-state index < -0.39 is 0 Å².